The number of pyridine rings is 1. The van der Waals surface area contributed by atoms with Crippen LogP contribution < -0.4 is 10.1 Å². The van der Waals surface area contributed by atoms with Crippen LogP contribution in [0.3, 0.4) is 0 Å². The zero-order valence-electron chi connectivity index (χ0n) is 12.7. The van der Waals surface area contributed by atoms with Crippen LogP contribution in [0.5, 0.6) is 11.8 Å². The van der Waals surface area contributed by atoms with Crippen molar-refractivity contribution in [3.63, 3.8) is 0 Å². The van der Waals surface area contributed by atoms with Gasteiger partial charge in [-0.2, -0.15) is 0 Å². The van der Waals surface area contributed by atoms with Gasteiger partial charge in [-0.15, -0.1) is 5.10 Å². The molecule has 0 bridgehead atoms. The Morgan fingerprint density at radius 2 is 1.95 bits per heavy atom. The second-order valence-corrected chi connectivity index (χ2v) is 5.99. The fourth-order valence-electron chi connectivity index (χ4n) is 1.72. The van der Waals surface area contributed by atoms with E-state index >= 15 is 0 Å². The maximum Gasteiger partial charge on any atom is 0.240 e. The van der Waals surface area contributed by atoms with Crippen molar-refractivity contribution in [2.75, 3.05) is 0 Å². The van der Waals surface area contributed by atoms with Gasteiger partial charge in [0.05, 0.1) is 0 Å². The van der Waals surface area contributed by atoms with Crippen LogP contribution in [0.2, 0.25) is 0 Å². The molecule has 0 radical (unpaired) electrons. The first kappa shape index (κ1) is 14.5. The van der Waals surface area contributed by atoms with E-state index < -0.39 is 0 Å². The normalized spacial score (nSPS) is 11.7. The summed E-state index contributed by atoms with van der Waals surface area (Å²) < 4.78 is 5.61. The van der Waals surface area contributed by atoms with Gasteiger partial charge < -0.3 is 10.1 Å². The van der Waals surface area contributed by atoms with E-state index in [1.807, 2.05) is 32.0 Å². The number of nitrogens with zero attached hydrogens (tertiary/aromatic N) is 2. The Bertz CT molecular complexity index is 584. The van der Waals surface area contributed by atoms with Crippen molar-refractivity contribution in [3.05, 3.63) is 35.2 Å². The summed E-state index contributed by atoms with van der Waals surface area (Å²) in [5, 5.41) is 10.3. The second kappa shape index (κ2) is 5.63. The van der Waals surface area contributed by atoms with Gasteiger partial charge in [0.15, 0.2) is 0 Å². The first-order chi connectivity index (χ1) is 9.33. The molecular formula is C15H22N4O. The molecule has 2 aromatic heterocycles. The predicted molar refractivity (Wildman–Crippen MR) is 79.0 cm³/mol. The smallest absolute Gasteiger partial charge is 0.240 e. The molecule has 0 aromatic carbocycles. The van der Waals surface area contributed by atoms with Crippen molar-refractivity contribution < 1.29 is 4.74 Å². The van der Waals surface area contributed by atoms with Crippen molar-refractivity contribution in [2.24, 2.45) is 0 Å². The van der Waals surface area contributed by atoms with Gasteiger partial charge in [-0.3, -0.25) is 5.10 Å². The molecule has 0 atom stereocenters. The molecule has 5 nitrogen and oxygen atoms in total. The van der Waals surface area contributed by atoms with Crippen LogP contribution in [0.1, 0.15) is 37.7 Å². The number of hydrogen-bond acceptors (Lipinski definition) is 4. The molecule has 2 rings (SSSR count). The highest BCUT2D eigenvalue weighted by atomic mass is 16.5. The van der Waals surface area contributed by atoms with Crippen molar-refractivity contribution >= 4 is 0 Å². The van der Waals surface area contributed by atoms with Crippen molar-refractivity contribution in [1.29, 1.82) is 0 Å². The maximum atomic E-state index is 5.61. The summed E-state index contributed by atoms with van der Waals surface area (Å²) in [6.07, 6.45) is 0. The molecule has 0 saturated heterocycles. The molecule has 108 valence electrons. The number of nitrogens with one attached hydrogen (secondary N) is 2. The van der Waals surface area contributed by atoms with Gasteiger partial charge in [0.2, 0.25) is 11.8 Å². The Labute approximate surface area is 119 Å². The Morgan fingerprint density at radius 1 is 1.20 bits per heavy atom. The molecule has 0 spiro atoms. The highest BCUT2D eigenvalue weighted by Gasteiger charge is 2.11. The number of aromatic nitrogens is 3. The van der Waals surface area contributed by atoms with E-state index in [0.29, 0.717) is 11.8 Å². The predicted octanol–water partition coefficient (Wildman–Crippen LogP) is 3.10. The lowest BCUT2D eigenvalue weighted by atomic mass is 10.1. The monoisotopic (exact) mass is 274 g/mol. The summed E-state index contributed by atoms with van der Waals surface area (Å²) in [4.78, 5) is 4.46. The number of H-pyrrole nitrogens is 1. The van der Waals surface area contributed by atoms with Crippen LogP contribution >= 0.6 is 0 Å². The molecule has 2 N–H and O–H groups in total. The van der Waals surface area contributed by atoms with E-state index in [0.717, 1.165) is 17.9 Å². The van der Waals surface area contributed by atoms with E-state index in [4.69, 9.17) is 4.74 Å². The SMILES string of the molecule is Cc1cc(Oc2ccc(CNC(C)(C)C)c(C)n2)n[nH]1. The molecule has 2 heterocycles. The molecule has 20 heavy (non-hydrogen) atoms. The molecule has 0 saturated carbocycles. The maximum absolute atomic E-state index is 5.61. The Morgan fingerprint density at radius 3 is 2.50 bits per heavy atom. The lowest BCUT2D eigenvalue weighted by Crippen LogP contribution is -2.35. The van der Waals surface area contributed by atoms with Crippen molar-refractivity contribution in [3.8, 4) is 11.8 Å². The average molecular weight is 274 g/mol. The van der Waals surface area contributed by atoms with Gasteiger partial charge in [-0.05, 0) is 40.2 Å². The third-order valence-electron chi connectivity index (χ3n) is 2.87. The largest absolute Gasteiger partial charge is 0.419 e. The van der Waals surface area contributed by atoms with Gasteiger partial charge >= 0.3 is 0 Å². The number of hydrogen-bond donors (Lipinski definition) is 2. The number of aryl methyl sites for hydroxylation is 2. The number of ether oxygens (including phenoxy) is 1. The van der Waals surface area contributed by atoms with Crippen molar-refractivity contribution in [1.82, 2.24) is 20.5 Å². The van der Waals surface area contributed by atoms with Crippen LogP contribution in [0.4, 0.5) is 0 Å². The van der Waals surface area contributed by atoms with Gasteiger partial charge in [0, 0.05) is 35.6 Å². The van der Waals surface area contributed by atoms with Crippen LogP contribution in [-0.2, 0) is 6.54 Å². The summed E-state index contributed by atoms with van der Waals surface area (Å²) in [7, 11) is 0. The topological polar surface area (TPSA) is 62.8 Å². The molecule has 0 amide bonds. The van der Waals surface area contributed by atoms with E-state index in [9.17, 15) is 0 Å². The molecule has 0 aliphatic rings. The van der Waals surface area contributed by atoms with Crippen molar-refractivity contribution in [2.45, 2.75) is 46.7 Å². The van der Waals surface area contributed by atoms with Crippen LogP contribution in [-0.4, -0.2) is 20.7 Å². The van der Waals surface area contributed by atoms with E-state index in [1.165, 1.54) is 5.56 Å². The standard InChI is InChI=1S/C15H22N4O/c1-10-8-14(19-18-10)20-13-7-6-12(11(2)17-13)9-16-15(3,4)5/h6-8,16H,9H2,1-5H3,(H,18,19). The van der Waals surface area contributed by atoms with Crippen LogP contribution in [0, 0.1) is 13.8 Å². The fraction of sp³-hybridized carbons (Fsp3) is 0.467. The highest BCUT2D eigenvalue weighted by molar-refractivity contribution is 5.27. The molecule has 0 fully saturated rings. The zero-order chi connectivity index (χ0) is 14.8. The van der Waals surface area contributed by atoms with E-state index in [1.54, 1.807) is 0 Å². The van der Waals surface area contributed by atoms with Gasteiger partial charge in [-0.1, -0.05) is 6.07 Å². The summed E-state index contributed by atoms with van der Waals surface area (Å²) in [5.41, 5.74) is 3.19. The Balaban J connectivity index is 2.05. The minimum absolute atomic E-state index is 0.0914. The van der Waals surface area contributed by atoms with Gasteiger partial charge in [-0.25, -0.2) is 4.98 Å². The molecular weight excluding hydrogens is 252 g/mol. The highest BCUT2D eigenvalue weighted by Crippen LogP contribution is 2.19. The lowest BCUT2D eigenvalue weighted by molar-refractivity contribution is 0.421. The van der Waals surface area contributed by atoms with E-state index in [2.05, 4.69) is 41.3 Å². The first-order valence-electron chi connectivity index (χ1n) is 6.75. The molecule has 0 aliphatic heterocycles. The van der Waals surface area contributed by atoms with Gasteiger partial charge in [0.1, 0.15) is 0 Å². The quantitative estimate of drug-likeness (QED) is 0.899. The van der Waals surface area contributed by atoms with E-state index in [-0.39, 0.29) is 5.54 Å². The summed E-state index contributed by atoms with van der Waals surface area (Å²) >= 11 is 0. The average Bonchev–Trinajstić information content (AvgIpc) is 2.72. The fourth-order valence-corrected chi connectivity index (χ4v) is 1.72. The minimum Gasteiger partial charge on any atom is -0.419 e. The molecule has 0 unspecified atom stereocenters. The second-order valence-electron chi connectivity index (χ2n) is 5.99. The third kappa shape index (κ3) is 4.06. The number of aromatic amines is 1. The molecule has 0 aliphatic carbocycles. The molecule has 5 heteroatoms. The zero-order valence-corrected chi connectivity index (χ0v) is 12.7. The summed E-state index contributed by atoms with van der Waals surface area (Å²) in [6, 6.07) is 5.75. The van der Waals surface area contributed by atoms with Crippen LogP contribution in [0.15, 0.2) is 18.2 Å². The summed E-state index contributed by atoms with van der Waals surface area (Å²) in [6.45, 7) is 11.2. The minimum atomic E-state index is 0.0914. The third-order valence-corrected chi connectivity index (χ3v) is 2.87. The molecule has 2 aromatic rings. The Kier molecular flexibility index (Phi) is 4.09. The first-order valence-corrected chi connectivity index (χ1v) is 6.75. The number of rotatable bonds is 4. The van der Waals surface area contributed by atoms with Crippen LogP contribution in [0.25, 0.3) is 0 Å². The van der Waals surface area contributed by atoms with Gasteiger partial charge in [0.25, 0.3) is 0 Å². The Hall–Kier alpha value is -1.88. The lowest BCUT2D eigenvalue weighted by Gasteiger charge is -2.21. The summed E-state index contributed by atoms with van der Waals surface area (Å²) in [5.74, 6) is 1.10.